The summed E-state index contributed by atoms with van der Waals surface area (Å²) in [5, 5.41) is 4.71. The highest BCUT2D eigenvalue weighted by atomic mass is 32.1. The number of hydrogen-bond donors (Lipinski definition) is 1. The molecule has 1 heterocycles. The molecule has 88 valence electrons. The first-order chi connectivity index (χ1) is 7.85. The van der Waals surface area contributed by atoms with E-state index in [-0.39, 0.29) is 0 Å². The zero-order valence-corrected chi connectivity index (χ0v) is 10.8. The smallest absolute Gasteiger partial charge is 0.183 e. The minimum absolute atomic E-state index is 0.735. The Morgan fingerprint density at radius 2 is 2.25 bits per heavy atom. The molecule has 0 spiro atoms. The first-order valence-electron chi connectivity index (χ1n) is 6.60. The highest BCUT2D eigenvalue weighted by molar-refractivity contribution is 7.15. The van der Waals surface area contributed by atoms with Gasteiger partial charge in [0.25, 0.3) is 0 Å². The van der Waals surface area contributed by atoms with Gasteiger partial charge in [0.15, 0.2) is 5.13 Å². The normalized spacial score (nSPS) is 24.2. The van der Waals surface area contributed by atoms with Crippen molar-refractivity contribution in [2.75, 3.05) is 5.32 Å². The fraction of sp³-hybridized carbons (Fsp3) is 0.769. The number of thiazole rings is 1. The summed E-state index contributed by atoms with van der Waals surface area (Å²) >= 11 is 1.91. The molecular weight excluding hydrogens is 216 g/mol. The van der Waals surface area contributed by atoms with E-state index < -0.39 is 0 Å². The van der Waals surface area contributed by atoms with E-state index in [1.54, 1.807) is 4.88 Å². The van der Waals surface area contributed by atoms with E-state index in [2.05, 4.69) is 12.2 Å². The van der Waals surface area contributed by atoms with Crippen molar-refractivity contribution in [3.05, 3.63) is 10.6 Å². The van der Waals surface area contributed by atoms with Crippen LogP contribution in [0.4, 0.5) is 5.13 Å². The summed E-state index contributed by atoms with van der Waals surface area (Å²) in [4.78, 5) is 6.30. The van der Waals surface area contributed by atoms with Gasteiger partial charge in [0.1, 0.15) is 0 Å². The quantitative estimate of drug-likeness (QED) is 0.863. The van der Waals surface area contributed by atoms with Crippen molar-refractivity contribution in [2.45, 2.75) is 57.9 Å². The summed E-state index contributed by atoms with van der Waals surface area (Å²) in [6, 6.07) is 0.735. The molecule has 1 aromatic heterocycles. The Balaban J connectivity index is 1.69. The third-order valence-corrected chi connectivity index (χ3v) is 4.69. The maximum absolute atomic E-state index is 4.73. The Labute approximate surface area is 101 Å². The highest BCUT2D eigenvalue weighted by Crippen LogP contribution is 2.35. The number of hydrogen-bond acceptors (Lipinski definition) is 3. The third kappa shape index (κ3) is 2.24. The molecule has 1 unspecified atom stereocenters. The van der Waals surface area contributed by atoms with E-state index in [0.29, 0.717) is 0 Å². The van der Waals surface area contributed by atoms with Crippen LogP contribution in [0.2, 0.25) is 0 Å². The van der Waals surface area contributed by atoms with Crippen molar-refractivity contribution in [2.24, 2.45) is 5.92 Å². The summed E-state index contributed by atoms with van der Waals surface area (Å²) in [5.41, 5.74) is 1.39. The highest BCUT2D eigenvalue weighted by Gasteiger charge is 2.25. The van der Waals surface area contributed by atoms with Crippen molar-refractivity contribution in [1.29, 1.82) is 0 Å². The zero-order valence-electron chi connectivity index (χ0n) is 9.96. The van der Waals surface area contributed by atoms with E-state index in [1.807, 2.05) is 11.3 Å². The molecule has 0 bridgehead atoms. The van der Waals surface area contributed by atoms with E-state index in [9.17, 15) is 0 Å². The molecule has 3 heteroatoms. The second-order valence-corrected chi connectivity index (χ2v) is 6.29. The largest absolute Gasteiger partial charge is 0.359 e. The lowest BCUT2D eigenvalue weighted by atomic mass is 9.88. The lowest BCUT2D eigenvalue weighted by Gasteiger charge is -2.19. The Hall–Kier alpha value is -0.570. The van der Waals surface area contributed by atoms with Crippen molar-refractivity contribution in [3.63, 3.8) is 0 Å². The number of aromatic nitrogens is 1. The van der Waals surface area contributed by atoms with Crippen molar-refractivity contribution in [1.82, 2.24) is 4.98 Å². The Morgan fingerprint density at radius 3 is 3.00 bits per heavy atom. The molecule has 16 heavy (non-hydrogen) atoms. The van der Waals surface area contributed by atoms with Crippen LogP contribution in [0.15, 0.2) is 0 Å². The number of nitrogens with zero attached hydrogens (tertiary/aromatic N) is 1. The van der Waals surface area contributed by atoms with Crippen LogP contribution in [0.1, 0.15) is 49.6 Å². The summed E-state index contributed by atoms with van der Waals surface area (Å²) < 4.78 is 0. The van der Waals surface area contributed by atoms with Gasteiger partial charge in [-0.1, -0.05) is 19.8 Å². The van der Waals surface area contributed by atoms with Crippen LogP contribution in [0.3, 0.4) is 0 Å². The van der Waals surface area contributed by atoms with Crippen LogP contribution < -0.4 is 5.32 Å². The van der Waals surface area contributed by atoms with Crippen LogP contribution in [0.5, 0.6) is 0 Å². The lowest BCUT2D eigenvalue weighted by molar-refractivity contribution is 0.424. The van der Waals surface area contributed by atoms with Crippen LogP contribution in [-0.4, -0.2) is 11.0 Å². The summed E-state index contributed by atoms with van der Waals surface area (Å²) in [6.45, 7) is 2.29. The Bertz CT molecular complexity index is 368. The van der Waals surface area contributed by atoms with Gasteiger partial charge in [-0.25, -0.2) is 4.98 Å². The summed E-state index contributed by atoms with van der Waals surface area (Å²) in [6.07, 6.45) is 9.24. The average Bonchev–Trinajstić information content (AvgIpc) is 2.97. The molecule has 0 saturated heterocycles. The van der Waals surface area contributed by atoms with Gasteiger partial charge in [-0.05, 0) is 38.0 Å². The molecule has 1 fully saturated rings. The predicted octanol–water partition coefficient (Wildman–Crippen LogP) is 3.62. The van der Waals surface area contributed by atoms with Crippen molar-refractivity contribution >= 4 is 16.5 Å². The van der Waals surface area contributed by atoms with Crippen molar-refractivity contribution < 1.29 is 0 Å². The number of fused-ring (bicyclic) bond motifs is 1. The maximum atomic E-state index is 4.73. The van der Waals surface area contributed by atoms with Crippen LogP contribution in [0.25, 0.3) is 0 Å². The molecule has 2 aliphatic rings. The molecule has 1 N–H and O–H groups in total. The fourth-order valence-electron chi connectivity index (χ4n) is 2.56. The van der Waals surface area contributed by atoms with Gasteiger partial charge in [0, 0.05) is 10.9 Å². The topological polar surface area (TPSA) is 24.9 Å². The maximum Gasteiger partial charge on any atom is 0.183 e. The Kier molecular flexibility index (Phi) is 2.88. The number of nitrogens with one attached hydrogen (secondary N) is 1. The SMILES string of the molecule is CCCC1CCc2nc(NC3CC3)sc2C1. The van der Waals surface area contributed by atoms with Gasteiger partial charge < -0.3 is 5.32 Å². The molecule has 3 rings (SSSR count). The first kappa shape index (κ1) is 10.6. The fourth-order valence-corrected chi connectivity index (χ4v) is 3.76. The molecule has 1 atom stereocenters. The second-order valence-electron chi connectivity index (χ2n) is 5.20. The summed E-state index contributed by atoms with van der Waals surface area (Å²) in [5.74, 6) is 0.923. The van der Waals surface area contributed by atoms with Gasteiger partial charge in [-0.3, -0.25) is 0 Å². The molecular formula is C13H20N2S. The first-order valence-corrected chi connectivity index (χ1v) is 7.42. The summed E-state index contributed by atoms with van der Waals surface area (Å²) in [7, 11) is 0. The molecule has 0 aliphatic heterocycles. The average molecular weight is 236 g/mol. The predicted molar refractivity (Wildman–Crippen MR) is 69.2 cm³/mol. The van der Waals surface area contributed by atoms with E-state index >= 15 is 0 Å². The Morgan fingerprint density at radius 1 is 1.38 bits per heavy atom. The molecule has 2 aliphatic carbocycles. The van der Waals surface area contributed by atoms with Crippen LogP contribution >= 0.6 is 11.3 Å². The van der Waals surface area contributed by atoms with Gasteiger partial charge in [0.2, 0.25) is 0 Å². The second kappa shape index (κ2) is 4.36. The molecule has 0 aromatic carbocycles. The van der Waals surface area contributed by atoms with Crippen LogP contribution in [-0.2, 0) is 12.8 Å². The number of anilines is 1. The van der Waals surface area contributed by atoms with Gasteiger partial charge in [-0.2, -0.15) is 0 Å². The van der Waals surface area contributed by atoms with Crippen LogP contribution in [0, 0.1) is 5.92 Å². The monoisotopic (exact) mass is 236 g/mol. The molecule has 0 radical (unpaired) electrons. The molecule has 2 nitrogen and oxygen atoms in total. The van der Waals surface area contributed by atoms with E-state index in [0.717, 1.165) is 12.0 Å². The number of aryl methyl sites for hydroxylation is 1. The zero-order chi connectivity index (χ0) is 11.0. The third-order valence-electron chi connectivity index (χ3n) is 3.64. The minimum atomic E-state index is 0.735. The van der Waals surface area contributed by atoms with E-state index in [1.165, 1.54) is 55.8 Å². The van der Waals surface area contributed by atoms with Crippen molar-refractivity contribution in [3.8, 4) is 0 Å². The van der Waals surface area contributed by atoms with E-state index in [4.69, 9.17) is 4.98 Å². The molecule has 1 aromatic rings. The molecule has 1 saturated carbocycles. The van der Waals surface area contributed by atoms with Gasteiger partial charge in [-0.15, -0.1) is 11.3 Å². The van der Waals surface area contributed by atoms with Gasteiger partial charge in [0.05, 0.1) is 5.69 Å². The molecule has 0 amide bonds. The minimum Gasteiger partial charge on any atom is -0.359 e. The lowest BCUT2D eigenvalue weighted by Crippen LogP contribution is -2.12. The van der Waals surface area contributed by atoms with Gasteiger partial charge >= 0.3 is 0 Å². The standard InChI is InChI=1S/C13H20N2S/c1-2-3-9-4-7-11-12(8-9)16-13(15-11)14-10-5-6-10/h9-10H,2-8H2,1H3,(H,14,15). The number of rotatable bonds is 4.